The van der Waals surface area contributed by atoms with E-state index in [4.69, 9.17) is 4.42 Å². The monoisotopic (exact) mass is 280 g/mol. The Hall–Kier alpha value is -2.53. The lowest BCUT2D eigenvalue weighted by Gasteiger charge is -2.11. The molecule has 2 heterocycles. The van der Waals surface area contributed by atoms with E-state index in [0.717, 1.165) is 11.1 Å². The summed E-state index contributed by atoms with van der Waals surface area (Å²) in [6.07, 6.45) is 3.61. The lowest BCUT2D eigenvalue weighted by atomic mass is 10.1. The van der Waals surface area contributed by atoms with Gasteiger partial charge >= 0.3 is 0 Å². The van der Waals surface area contributed by atoms with Crippen molar-refractivity contribution in [2.45, 2.75) is 19.5 Å². The molecular weight excluding hydrogens is 264 g/mol. The molecule has 5 heteroatoms. The van der Waals surface area contributed by atoms with Crippen LogP contribution in [0.2, 0.25) is 0 Å². The van der Waals surface area contributed by atoms with Gasteiger partial charge < -0.3 is 9.73 Å². The zero-order chi connectivity index (χ0) is 14.5. The topological polar surface area (TPSA) is 63.8 Å². The second kappa shape index (κ2) is 6.28. The molecule has 0 fully saturated rings. The fraction of sp³-hybridized carbons (Fsp3) is 0.188. The summed E-state index contributed by atoms with van der Waals surface area (Å²) in [4.78, 5) is 4.11. The van der Waals surface area contributed by atoms with Gasteiger partial charge in [0.1, 0.15) is 0 Å². The number of nitrogens with one attached hydrogen (secondary N) is 1. The van der Waals surface area contributed by atoms with Gasteiger partial charge in [-0.1, -0.05) is 24.3 Å². The van der Waals surface area contributed by atoms with Gasteiger partial charge in [-0.3, -0.25) is 4.98 Å². The maximum Gasteiger partial charge on any atom is 0.247 e. The van der Waals surface area contributed by atoms with Crippen LogP contribution >= 0.6 is 0 Å². The van der Waals surface area contributed by atoms with Crippen LogP contribution in [-0.2, 0) is 6.54 Å². The van der Waals surface area contributed by atoms with E-state index in [1.54, 1.807) is 6.20 Å². The molecule has 5 nitrogen and oxygen atoms in total. The summed E-state index contributed by atoms with van der Waals surface area (Å²) in [6.45, 7) is 2.60. The summed E-state index contributed by atoms with van der Waals surface area (Å²) in [5.74, 6) is 1.12. The number of benzene rings is 1. The highest BCUT2D eigenvalue weighted by atomic mass is 16.4. The van der Waals surface area contributed by atoms with Crippen LogP contribution in [-0.4, -0.2) is 15.2 Å². The van der Waals surface area contributed by atoms with Crippen molar-refractivity contribution < 1.29 is 4.42 Å². The third-order valence-electron chi connectivity index (χ3n) is 3.23. The average molecular weight is 280 g/mol. The van der Waals surface area contributed by atoms with Crippen molar-refractivity contribution in [2.24, 2.45) is 0 Å². The summed E-state index contributed by atoms with van der Waals surface area (Å²) in [5.41, 5.74) is 2.05. The SMILES string of the molecule is C[C@@H](NCc1nnc(-c2ccccc2)o1)c1cccnc1. The molecule has 3 aromatic rings. The molecule has 0 aliphatic heterocycles. The molecule has 0 saturated carbocycles. The molecule has 0 unspecified atom stereocenters. The number of aromatic nitrogens is 3. The molecule has 0 radical (unpaired) electrons. The van der Waals surface area contributed by atoms with E-state index in [9.17, 15) is 0 Å². The number of pyridine rings is 1. The first kappa shape index (κ1) is 13.5. The first-order chi connectivity index (χ1) is 10.3. The summed E-state index contributed by atoms with van der Waals surface area (Å²) in [5, 5.41) is 11.5. The number of hydrogen-bond donors (Lipinski definition) is 1. The summed E-state index contributed by atoms with van der Waals surface area (Å²) >= 11 is 0. The van der Waals surface area contributed by atoms with Crippen LogP contribution in [0, 0.1) is 0 Å². The quantitative estimate of drug-likeness (QED) is 0.778. The first-order valence-corrected chi connectivity index (χ1v) is 6.84. The second-order valence-corrected chi connectivity index (χ2v) is 4.76. The molecule has 0 aliphatic rings. The van der Waals surface area contributed by atoms with E-state index in [1.807, 2.05) is 48.7 Å². The van der Waals surface area contributed by atoms with Crippen molar-refractivity contribution >= 4 is 0 Å². The maximum atomic E-state index is 5.66. The molecule has 0 amide bonds. The van der Waals surface area contributed by atoms with Crippen LogP contribution in [0.25, 0.3) is 11.5 Å². The van der Waals surface area contributed by atoms with Crippen LogP contribution in [0.4, 0.5) is 0 Å². The molecule has 0 bridgehead atoms. The molecule has 1 N–H and O–H groups in total. The van der Waals surface area contributed by atoms with E-state index >= 15 is 0 Å². The third kappa shape index (κ3) is 3.32. The van der Waals surface area contributed by atoms with Crippen LogP contribution < -0.4 is 5.32 Å². The molecule has 0 aliphatic carbocycles. The molecule has 3 rings (SSSR count). The highest BCUT2D eigenvalue weighted by Gasteiger charge is 2.10. The maximum absolute atomic E-state index is 5.66. The van der Waals surface area contributed by atoms with E-state index in [2.05, 4.69) is 27.4 Å². The van der Waals surface area contributed by atoms with E-state index < -0.39 is 0 Å². The predicted octanol–water partition coefficient (Wildman–Crippen LogP) is 2.98. The van der Waals surface area contributed by atoms with Crippen molar-refractivity contribution in [3.63, 3.8) is 0 Å². The van der Waals surface area contributed by atoms with E-state index in [1.165, 1.54) is 0 Å². The lowest BCUT2D eigenvalue weighted by molar-refractivity contribution is 0.454. The minimum atomic E-state index is 0.172. The smallest absolute Gasteiger partial charge is 0.247 e. The van der Waals surface area contributed by atoms with Gasteiger partial charge in [-0.25, -0.2) is 0 Å². The second-order valence-electron chi connectivity index (χ2n) is 4.76. The highest BCUT2D eigenvalue weighted by molar-refractivity contribution is 5.51. The van der Waals surface area contributed by atoms with Crippen molar-refractivity contribution in [1.29, 1.82) is 0 Å². The Bertz CT molecular complexity index is 682. The Kier molecular flexibility index (Phi) is 4.02. The standard InChI is InChI=1S/C16H16N4O/c1-12(14-8-5-9-17-10-14)18-11-15-19-20-16(21-15)13-6-3-2-4-7-13/h2-10,12,18H,11H2,1H3/t12-/m1/s1. The number of rotatable bonds is 5. The lowest BCUT2D eigenvalue weighted by Crippen LogP contribution is -2.18. The average Bonchev–Trinajstić information content (AvgIpc) is 3.03. The van der Waals surface area contributed by atoms with E-state index in [-0.39, 0.29) is 6.04 Å². The largest absolute Gasteiger partial charge is 0.419 e. The van der Waals surface area contributed by atoms with Crippen molar-refractivity contribution in [3.8, 4) is 11.5 Å². The van der Waals surface area contributed by atoms with Crippen LogP contribution in [0.3, 0.4) is 0 Å². The summed E-state index contributed by atoms with van der Waals surface area (Å²) in [7, 11) is 0. The third-order valence-corrected chi connectivity index (χ3v) is 3.23. The van der Waals surface area contributed by atoms with Gasteiger partial charge in [0.15, 0.2) is 0 Å². The van der Waals surface area contributed by atoms with Crippen LogP contribution in [0.15, 0.2) is 59.3 Å². The molecule has 1 aromatic carbocycles. The zero-order valence-electron chi connectivity index (χ0n) is 11.7. The molecule has 2 aromatic heterocycles. The van der Waals surface area contributed by atoms with Gasteiger partial charge in [0.2, 0.25) is 11.8 Å². The first-order valence-electron chi connectivity index (χ1n) is 6.84. The molecule has 21 heavy (non-hydrogen) atoms. The highest BCUT2D eigenvalue weighted by Crippen LogP contribution is 2.17. The van der Waals surface area contributed by atoms with Crippen LogP contribution in [0.1, 0.15) is 24.4 Å². The molecule has 0 spiro atoms. The molecular formula is C16H16N4O. The Balaban J connectivity index is 1.63. The summed E-state index contributed by atoms with van der Waals surface area (Å²) in [6, 6.07) is 13.9. The van der Waals surface area contributed by atoms with Crippen molar-refractivity contribution in [3.05, 3.63) is 66.3 Å². The predicted molar refractivity (Wildman–Crippen MR) is 79.2 cm³/mol. The Labute approximate surface area is 123 Å². The Morgan fingerprint density at radius 1 is 1.10 bits per heavy atom. The fourth-order valence-corrected chi connectivity index (χ4v) is 2.01. The zero-order valence-corrected chi connectivity index (χ0v) is 11.7. The number of hydrogen-bond acceptors (Lipinski definition) is 5. The van der Waals surface area contributed by atoms with Gasteiger partial charge in [0.25, 0.3) is 0 Å². The van der Waals surface area contributed by atoms with E-state index in [0.29, 0.717) is 18.3 Å². The number of nitrogens with zero attached hydrogens (tertiary/aromatic N) is 3. The molecule has 0 saturated heterocycles. The minimum Gasteiger partial charge on any atom is -0.419 e. The van der Waals surface area contributed by atoms with Gasteiger partial charge in [-0.15, -0.1) is 10.2 Å². The summed E-state index contributed by atoms with van der Waals surface area (Å²) < 4.78 is 5.66. The normalized spacial score (nSPS) is 12.2. The van der Waals surface area contributed by atoms with Gasteiger partial charge in [-0.05, 0) is 30.7 Å². The van der Waals surface area contributed by atoms with Gasteiger partial charge in [0.05, 0.1) is 6.54 Å². The molecule has 1 atom stereocenters. The van der Waals surface area contributed by atoms with Gasteiger partial charge in [-0.2, -0.15) is 0 Å². The Morgan fingerprint density at radius 3 is 2.71 bits per heavy atom. The van der Waals surface area contributed by atoms with Crippen molar-refractivity contribution in [2.75, 3.05) is 0 Å². The van der Waals surface area contributed by atoms with Crippen molar-refractivity contribution in [1.82, 2.24) is 20.5 Å². The fourth-order valence-electron chi connectivity index (χ4n) is 2.01. The molecule has 106 valence electrons. The van der Waals surface area contributed by atoms with Gasteiger partial charge in [0, 0.05) is 24.0 Å². The van der Waals surface area contributed by atoms with Crippen LogP contribution in [0.5, 0.6) is 0 Å². The Morgan fingerprint density at radius 2 is 1.95 bits per heavy atom. The minimum absolute atomic E-state index is 0.172.